The maximum Gasteiger partial charge on any atom is 0.357 e. The van der Waals surface area contributed by atoms with E-state index in [2.05, 4.69) is 23.7 Å². The van der Waals surface area contributed by atoms with E-state index in [1.54, 1.807) is 11.3 Å². The molecule has 4 nitrogen and oxygen atoms in total. The molecule has 0 radical (unpaired) electrons. The number of esters is 1. The summed E-state index contributed by atoms with van der Waals surface area (Å²) in [5, 5.41) is 2.13. The van der Waals surface area contributed by atoms with Gasteiger partial charge in [0.1, 0.15) is 0 Å². The highest BCUT2D eigenvalue weighted by molar-refractivity contribution is 8.00. The molecule has 2 rings (SSSR count). The number of aryl methyl sites for hydroxylation is 1. The third kappa shape index (κ3) is 2.80. The quantitative estimate of drug-likeness (QED) is 0.782. The van der Waals surface area contributed by atoms with Crippen molar-refractivity contribution < 1.29 is 9.53 Å². The van der Waals surface area contributed by atoms with E-state index >= 15 is 0 Å². The highest BCUT2D eigenvalue weighted by atomic mass is 32.2. The van der Waals surface area contributed by atoms with Crippen LogP contribution < -0.4 is 4.90 Å². The van der Waals surface area contributed by atoms with E-state index in [1.807, 2.05) is 18.7 Å². The number of hydrogen-bond acceptors (Lipinski definition) is 6. The average molecular weight is 286 g/mol. The molecule has 1 fully saturated rings. The Bertz CT molecular complexity index is 437. The van der Waals surface area contributed by atoms with E-state index < -0.39 is 0 Å². The Morgan fingerprint density at radius 1 is 1.39 bits per heavy atom. The van der Waals surface area contributed by atoms with Crippen molar-refractivity contribution in [3.05, 3.63) is 10.6 Å². The average Bonchev–Trinajstić information content (AvgIpc) is 2.69. The van der Waals surface area contributed by atoms with Crippen LogP contribution in [-0.2, 0) is 4.74 Å². The fourth-order valence-electron chi connectivity index (χ4n) is 2.14. The summed E-state index contributed by atoms with van der Waals surface area (Å²) in [7, 11) is 1.39. The van der Waals surface area contributed by atoms with Crippen LogP contribution >= 0.6 is 23.1 Å². The van der Waals surface area contributed by atoms with Crippen molar-refractivity contribution in [3.8, 4) is 0 Å². The van der Waals surface area contributed by atoms with Crippen LogP contribution in [0.15, 0.2) is 0 Å². The first-order valence-corrected chi connectivity index (χ1v) is 7.73. The monoisotopic (exact) mass is 286 g/mol. The van der Waals surface area contributed by atoms with Crippen LogP contribution in [0.3, 0.4) is 0 Å². The second kappa shape index (κ2) is 5.48. The van der Waals surface area contributed by atoms with Crippen molar-refractivity contribution in [2.75, 3.05) is 25.1 Å². The molecule has 0 amide bonds. The van der Waals surface area contributed by atoms with E-state index in [0.717, 1.165) is 23.1 Å². The number of anilines is 1. The van der Waals surface area contributed by atoms with Crippen LogP contribution in [0.1, 0.15) is 29.2 Å². The molecule has 100 valence electrons. The van der Waals surface area contributed by atoms with Gasteiger partial charge in [0.15, 0.2) is 10.8 Å². The van der Waals surface area contributed by atoms with Gasteiger partial charge in [-0.2, -0.15) is 11.8 Å². The van der Waals surface area contributed by atoms with E-state index in [9.17, 15) is 4.79 Å². The van der Waals surface area contributed by atoms with Gasteiger partial charge in [0.2, 0.25) is 0 Å². The minimum atomic E-state index is -0.345. The molecule has 1 aromatic heterocycles. The summed E-state index contributed by atoms with van der Waals surface area (Å²) < 4.78 is 4.74. The lowest BCUT2D eigenvalue weighted by Crippen LogP contribution is -2.40. The fraction of sp³-hybridized carbons (Fsp3) is 0.667. The summed E-state index contributed by atoms with van der Waals surface area (Å²) in [6.07, 6.45) is 0. The van der Waals surface area contributed by atoms with Crippen molar-refractivity contribution in [1.82, 2.24) is 4.98 Å². The molecule has 0 N–H and O–H groups in total. The number of aromatic nitrogens is 1. The van der Waals surface area contributed by atoms with Crippen LogP contribution in [-0.4, -0.2) is 41.7 Å². The molecule has 2 atom stereocenters. The first-order chi connectivity index (χ1) is 8.51. The number of carbonyl (C=O) groups excluding carboxylic acids is 1. The molecule has 0 aliphatic carbocycles. The first kappa shape index (κ1) is 13.7. The summed E-state index contributed by atoms with van der Waals surface area (Å²) in [6, 6.07) is 0. The Kier molecular flexibility index (Phi) is 4.17. The molecular formula is C12H18N2O2S2. The molecule has 1 aliphatic heterocycles. The van der Waals surface area contributed by atoms with Crippen LogP contribution in [0.5, 0.6) is 0 Å². The lowest BCUT2D eigenvalue weighted by atomic mass is 10.3. The molecule has 1 aliphatic rings. The zero-order valence-electron chi connectivity index (χ0n) is 11.1. The predicted molar refractivity (Wildman–Crippen MR) is 76.9 cm³/mol. The normalized spacial score (nSPS) is 24.1. The Labute approximate surface area is 116 Å². The molecule has 0 bridgehead atoms. The van der Waals surface area contributed by atoms with Gasteiger partial charge < -0.3 is 9.64 Å². The lowest BCUT2D eigenvalue weighted by molar-refractivity contribution is 0.0594. The second-order valence-electron chi connectivity index (χ2n) is 4.56. The maximum absolute atomic E-state index is 11.6. The fourth-order valence-corrected chi connectivity index (χ4v) is 4.38. The predicted octanol–water partition coefficient (Wildman–Crippen LogP) is 2.57. The van der Waals surface area contributed by atoms with E-state index in [1.165, 1.54) is 7.11 Å². The number of thiazole rings is 1. The van der Waals surface area contributed by atoms with Gasteiger partial charge in [0.25, 0.3) is 0 Å². The molecule has 0 aromatic carbocycles. The summed E-state index contributed by atoms with van der Waals surface area (Å²) in [4.78, 5) is 19.2. The summed E-state index contributed by atoms with van der Waals surface area (Å²) in [6.45, 7) is 8.36. The molecular weight excluding hydrogens is 268 g/mol. The van der Waals surface area contributed by atoms with Crippen molar-refractivity contribution >= 4 is 34.2 Å². The molecule has 1 saturated heterocycles. The number of hydrogen-bond donors (Lipinski definition) is 0. The Morgan fingerprint density at radius 2 is 2.00 bits per heavy atom. The Morgan fingerprint density at radius 3 is 2.56 bits per heavy atom. The third-order valence-corrected chi connectivity index (χ3v) is 5.11. The van der Waals surface area contributed by atoms with Crippen LogP contribution in [0.4, 0.5) is 5.13 Å². The molecule has 2 heterocycles. The molecule has 18 heavy (non-hydrogen) atoms. The molecule has 0 saturated carbocycles. The smallest absolute Gasteiger partial charge is 0.357 e. The number of carbonyl (C=O) groups is 1. The standard InChI is InChI=1S/C12H18N2O2S2/c1-7-5-14(6-8(2)17-7)12-13-10(9(3)18-12)11(15)16-4/h7-8H,5-6H2,1-4H3. The SMILES string of the molecule is COC(=O)c1nc(N2CC(C)SC(C)C2)sc1C. The number of thioether (sulfide) groups is 1. The zero-order chi connectivity index (χ0) is 13.3. The Balaban J connectivity index is 2.21. The van der Waals surface area contributed by atoms with Gasteiger partial charge >= 0.3 is 5.97 Å². The number of methoxy groups -OCH3 is 1. The maximum atomic E-state index is 11.6. The Hall–Kier alpha value is -0.750. The zero-order valence-corrected chi connectivity index (χ0v) is 12.7. The highest BCUT2D eigenvalue weighted by Gasteiger charge is 2.26. The highest BCUT2D eigenvalue weighted by Crippen LogP contribution is 2.32. The van der Waals surface area contributed by atoms with Gasteiger partial charge in [0.05, 0.1) is 7.11 Å². The van der Waals surface area contributed by atoms with E-state index in [-0.39, 0.29) is 5.97 Å². The van der Waals surface area contributed by atoms with Crippen LogP contribution in [0, 0.1) is 6.92 Å². The van der Waals surface area contributed by atoms with Crippen LogP contribution in [0.2, 0.25) is 0 Å². The summed E-state index contributed by atoms with van der Waals surface area (Å²) in [5.74, 6) is -0.345. The molecule has 1 aromatic rings. The van der Waals surface area contributed by atoms with Crippen molar-refractivity contribution in [3.63, 3.8) is 0 Å². The van der Waals surface area contributed by atoms with Crippen molar-refractivity contribution in [1.29, 1.82) is 0 Å². The molecule has 6 heteroatoms. The molecule has 2 unspecified atom stereocenters. The summed E-state index contributed by atoms with van der Waals surface area (Å²) >= 11 is 3.58. The van der Waals surface area contributed by atoms with Gasteiger partial charge in [-0.1, -0.05) is 13.8 Å². The second-order valence-corrected chi connectivity index (χ2v) is 7.62. The van der Waals surface area contributed by atoms with E-state index in [4.69, 9.17) is 4.74 Å². The number of rotatable bonds is 2. The topological polar surface area (TPSA) is 42.4 Å². The third-order valence-electron chi connectivity index (χ3n) is 2.85. The van der Waals surface area contributed by atoms with Gasteiger partial charge in [-0.3, -0.25) is 0 Å². The lowest BCUT2D eigenvalue weighted by Gasteiger charge is -2.34. The largest absolute Gasteiger partial charge is 0.464 e. The van der Waals surface area contributed by atoms with Gasteiger partial charge in [-0.25, -0.2) is 9.78 Å². The number of ether oxygens (including phenoxy) is 1. The van der Waals surface area contributed by atoms with E-state index in [0.29, 0.717) is 16.2 Å². The summed E-state index contributed by atoms with van der Waals surface area (Å²) in [5.41, 5.74) is 0.455. The minimum Gasteiger partial charge on any atom is -0.464 e. The first-order valence-electron chi connectivity index (χ1n) is 5.97. The molecule has 0 spiro atoms. The van der Waals surface area contributed by atoms with Gasteiger partial charge in [-0.15, -0.1) is 11.3 Å². The van der Waals surface area contributed by atoms with Gasteiger partial charge in [0, 0.05) is 28.5 Å². The number of nitrogens with zero attached hydrogens (tertiary/aromatic N) is 2. The van der Waals surface area contributed by atoms with Crippen LogP contribution in [0.25, 0.3) is 0 Å². The van der Waals surface area contributed by atoms with Crippen molar-refractivity contribution in [2.24, 2.45) is 0 Å². The minimum absolute atomic E-state index is 0.345. The van der Waals surface area contributed by atoms with Crippen molar-refractivity contribution in [2.45, 2.75) is 31.3 Å². The van der Waals surface area contributed by atoms with Gasteiger partial charge in [-0.05, 0) is 6.92 Å².